The minimum absolute atomic E-state index is 0.932. The number of rotatable bonds is 0. The third kappa shape index (κ3) is 1.47. The lowest BCUT2D eigenvalue weighted by molar-refractivity contribution is 0.669. The molecule has 0 aliphatic rings. The van der Waals surface area contributed by atoms with Gasteiger partial charge in [-0.25, -0.2) is 0 Å². The minimum atomic E-state index is 0.932. The van der Waals surface area contributed by atoms with Crippen LogP contribution in [-0.2, 0) is 0 Å². The molecule has 0 bridgehead atoms. The van der Waals surface area contributed by atoms with Crippen molar-refractivity contribution in [1.82, 2.24) is 9.38 Å². The zero-order valence-corrected chi connectivity index (χ0v) is 15.4. The van der Waals surface area contributed by atoms with E-state index >= 15 is 0 Å². The maximum absolute atomic E-state index is 6.30. The molecule has 0 radical (unpaired) electrons. The van der Waals surface area contributed by atoms with Crippen LogP contribution in [-0.4, -0.2) is 9.38 Å². The van der Waals surface area contributed by atoms with E-state index in [1.807, 2.05) is 0 Å². The van der Waals surface area contributed by atoms with Crippen molar-refractivity contribution in [3.05, 3.63) is 78.9 Å². The van der Waals surface area contributed by atoms with Crippen LogP contribution in [0, 0.1) is 0 Å². The number of nitrogens with zero attached hydrogens (tertiary/aromatic N) is 1. The fraction of sp³-hybridized carbons (Fsp3) is 0. The minimum Gasteiger partial charge on any atom is -0.456 e. The molecule has 29 heavy (non-hydrogen) atoms. The van der Waals surface area contributed by atoms with Gasteiger partial charge in [0.25, 0.3) is 0 Å². The first-order valence-electron chi connectivity index (χ1n) is 9.89. The largest absolute Gasteiger partial charge is 0.456 e. The van der Waals surface area contributed by atoms with Gasteiger partial charge in [-0.1, -0.05) is 48.5 Å². The quantitative estimate of drug-likeness (QED) is 0.300. The van der Waals surface area contributed by atoms with Gasteiger partial charge in [0.05, 0.1) is 27.5 Å². The molecule has 8 rings (SSSR count). The standard InChI is InChI=1S/C26H14N2O/c1-2-10-18-16(6-1)25-26-22-14(7-3-9-17(22)27-25)15-8-4-12-20-23(15)24-19(28(18)26)11-5-13-21(24)29-20/h1-13,27H. The molecule has 0 unspecified atom stereocenters. The number of para-hydroxylation sites is 1. The number of H-pyrrole nitrogens is 1. The number of furan rings is 1. The number of benzene rings is 4. The molecule has 3 heteroatoms. The number of aromatic amines is 1. The highest BCUT2D eigenvalue weighted by molar-refractivity contribution is 6.32. The second kappa shape index (κ2) is 4.53. The Morgan fingerprint density at radius 2 is 1.28 bits per heavy atom. The molecule has 0 atom stereocenters. The zero-order valence-electron chi connectivity index (χ0n) is 15.4. The van der Waals surface area contributed by atoms with Crippen molar-refractivity contribution in [2.24, 2.45) is 0 Å². The predicted octanol–water partition coefficient (Wildman–Crippen LogP) is 7.22. The number of fused-ring (bicyclic) bond motifs is 5. The summed E-state index contributed by atoms with van der Waals surface area (Å²) in [6.07, 6.45) is 0. The third-order valence-corrected chi connectivity index (χ3v) is 6.47. The first-order valence-corrected chi connectivity index (χ1v) is 9.89. The van der Waals surface area contributed by atoms with Gasteiger partial charge in [-0.3, -0.25) is 0 Å². The highest BCUT2D eigenvalue weighted by atomic mass is 16.3. The summed E-state index contributed by atoms with van der Waals surface area (Å²) in [6, 6.07) is 28.0. The van der Waals surface area contributed by atoms with Gasteiger partial charge in [0.15, 0.2) is 0 Å². The molecule has 0 fully saturated rings. The van der Waals surface area contributed by atoms with E-state index < -0.39 is 0 Å². The van der Waals surface area contributed by atoms with E-state index in [4.69, 9.17) is 4.42 Å². The van der Waals surface area contributed by atoms with Crippen LogP contribution in [0.5, 0.6) is 0 Å². The number of nitrogens with one attached hydrogen (secondary N) is 1. The Hall–Kier alpha value is -3.98. The molecule has 0 saturated heterocycles. The maximum Gasteiger partial charge on any atom is 0.137 e. The lowest BCUT2D eigenvalue weighted by Gasteiger charge is -2.07. The fourth-order valence-electron chi connectivity index (χ4n) is 5.38. The van der Waals surface area contributed by atoms with Crippen LogP contribution in [0.15, 0.2) is 83.3 Å². The van der Waals surface area contributed by atoms with E-state index in [0.717, 1.165) is 11.2 Å². The maximum atomic E-state index is 6.30. The SMILES string of the molecule is c1cc2oc3cccc4c3c2c(c1)c1cccc2[nH]c3c5ccccc5n4c3c21. The van der Waals surface area contributed by atoms with Crippen molar-refractivity contribution in [1.29, 1.82) is 0 Å². The summed E-state index contributed by atoms with van der Waals surface area (Å²) >= 11 is 0. The van der Waals surface area contributed by atoms with Crippen LogP contribution < -0.4 is 0 Å². The Morgan fingerprint density at radius 3 is 2.21 bits per heavy atom. The average Bonchev–Trinajstić information content (AvgIpc) is 3.40. The monoisotopic (exact) mass is 370 g/mol. The van der Waals surface area contributed by atoms with Crippen LogP contribution >= 0.6 is 0 Å². The summed E-state index contributed by atoms with van der Waals surface area (Å²) in [5.41, 5.74) is 7.87. The van der Waals surface area contributed by atoms with Crippen LogP contribution in [0.3, 0.4) is 0 Å². The smallest absolute Gasteiger partial charge is 0.137 e. The molecule has 0 aliphatic carbocycles. The van der Waals surface area contributed by atoms with Crippen molar-refractivity contribution < 1.29 is 4.42 Å². The molecule has 4 heterocycles. The van der Waals surface area contributed by atoms with Gasteiger partial charge >= 0.3 is 0 Å². The molecule has 8 aromatic rings. The number of aromatic nitrogens is 2. The van der Waals surface area contributed by atoms with E-state index in [9.17, 15) is 0 Å². The lowest BCUT2D eigenvalue weighted by atomic mass is 10.0. The predicted molar refractivity (Wildman–Crippen MR) is 120 cm³/mol. The Kier molecular flexibility index (Phi) is 2.20. The lowest BCUT2D eigenvalue weighted by Crippen LogP contribution is -1.88. The number of hydrogen-bond donors (Lipinski definition) is 1. The molecule has 0 amide bonds. The van der Waals surface area contributed by atoms with E-state index in [1.165, 1.54) is 59.9 Å². The van der Waals surface area contributed by atoms with Gasteiger partial charge in [0, 0.05) is 21.7 Å². The number of hydrogen-bond acceptors (Lipinski definition) is 1. The van der Waals surface area contributed by atoms with Crippen molar-refractivity contribution in [3.63, 3.8) is 0 Å². The Bertz CT molecular complexity index is 1910. The van der Waals surface area contributed by atoms with Crippen LogP contribution in [0.1, 0.15) is 0 Å². The fourth-order valence-corrected chi connectivity index (χ4v) is 5.38. The summed E-state index contributed by atoms with van der Waals surface area (Å²) in [5.74, 6) is 0. The second-order valence-electron chi connectivity index (χ2n) is 7.86. The molecule has 0 spiro atoms. The zero-order chi connectivity index (χ0) is 18.7. The van der Waals surface area contributed by atoms with Crippen LogP contribution in [0.25, 0.3) is 71.1 Å². The molecular weight excluding hydrogens is 356 g/mol. The molecule has 3 nitrogen and oxygen atoms in total. The van der Waals surface area contributed by atoms with Crippen molar-refractivity contribution in [2.45, 2.75) is 0 Å². The van der Waals surface area contributed by atoms with Gasteiger partial charge in [-0.05, 0) is 41.1 Å². The van der Waals surface area contributed by atoms with E-state index in [1.54, 1.807) is 0 Å². The summed E-state index contributed by atoms with van der Waals surface area (Å²) in [6.45, 7) is 0. The van der Waals surface area contributed by atoms with E-state index in [2.05, 4.69) is 88.2 Å². The summed E-state index contributed by atoms with van der Waals surface area (Å²) in [4.78, 5) is 3.72. The molecule has 0 aliphatic heterocycles. The van der Waals surface area contributed by atoms with Crippen LogP contribution in [0.4, 0.5) is 0 Å². The normalized spacial score (nSPS) is 12.8. The van der Waals surface area contributed by atoms with Gasteiger partial charge in [0.1, 0.15) is 11.2 Å². The first kappa shape index (κ1) is 14.1. The third-order valence-electron chi connectivity index (χ3n) is 6.47. The van der Waals surface area contributed by atoms with Gasteiger partial charge in [0.2, 0.25) is 0 Å². The molecule has 0 saturated carbocycles. The van der Waals surface area contributed by atoms with Gasteiger partial charge in [-0.15, -0.1) is 0 Å². The van der Waals surface area contributed by atoms with E-state index in [0.29, 0.717) is 0 Å². The summed E-state index contributed by atoms with van der Waals surface area (Å²) in [5, 5.41) is 7.38. The molecule has 134 valence electrons. The topological polar surface area (TPSA) is 33.3 Å². The molecule has 4 aromatic carbocycles. The molecule has 1 N–H and O–H groups in total. The average molecular weight is 370 g/mol. The highest BCUT2D eigenvalue weighted by Crippen LogP contribution is 2.43. The van der Waals surface area contributed by atoms with Gasteiger partial charge in [-0.2, -0.15) is 0 Å². The molecule has 4 aromatic heterocycles. The van der Waals surface area contributed by atoms with Gasteiger partial charge < -0.3 is 13.8 Å². The Balaban J connectivity index is 1.96. The highest BCUT2D eigenvalue weighted by Gasteiger charge is 2.21. The van der Waals surface area contributed by atoms with Crippen molar-refractivity contribution in [3.8, 4) is 0 Å². The van der Waals surface area contributed by atoms with E-state index in [-0.39, 0.29) is 0 Å². The van der Waals surface area contributed by atoms with Crippen molar-refractivity contribution >= 4 is 71.1 Å². The second-order valence-corrected chi connectivity index (χ2v) is 7.86. The Morgan fingerprint density at radius 1 is 0.586 bits per heavy atom. The molecular formula is C26H14N2O. The Labute approximate surface area is 164 Å². The summed E-state index contributed by atoms with van der Waals surface area (Å²) < 4.78 is 8.72. The van der Waals surface area contributed by atoms with Crippen molar-refractivity contribution in [2.75, 3.05) is 0 Å². The van der Waals surface area contributed by atoms with Crippen LogP contribution in [0.2, 0.25) is 0 Å². The first-order chi connectivity index (χ1) is 14.4. The summed E-state index contributed by atoms with van der Waals surface area (Å²) in [7, 11) is 0.